The number of carbonyl (C=O) groups is 1. The van der Waals surface area contributed by atoms with E-state index in [0.29, 0.717) is 12.5 Å². The summed E-state index contributed by atoms with van der Waals surface area (Å²) in [5.41, 5.74) is 5.96. The van der Waals surface area contributed by atoms with E-state index >= 15 is 0 Å². The summed E-state index contributed by atoms with van der Waals surface area (Å²) in [6.07, 6.45) is -2.89. The number of piperidine rings is 1. The van der Waals surface area contributed by atoms with Crippen LogP contribution in [-0.2, 0) is 14.3 Å². The number of ether oxygens (including phenoxy) is 2. The molecule has 2 aliphatic rings. The summed E-state index contributed by atoms with van der Waals surface area (Å²) in [7, 11) is 0. The van der Waals surface area contributed by atoms with Crippen molar-refractivity contribution in [3.05, 3.63) is 0 Å². The topological polar surface area (TPSA) is 64.8 Å². The lowest BCUT2D eigenvalue weighted by Crippen LogP contribution is -2.53. The normalized spacial score (nSPS) is 24.0. The molecule has 0 bridgehead atoms. The van der Waals surface area contributed by atoms with E-state index in [0.717, 1.165) is 26.1 Å². The Labute approximate surface area is 140 Å². The van der Waals surface area contributed by atoms with E-state index in [-0.39, 0.29) is 31.8 Å². The van der Waals surface area contributed by atoms with Gasteiger partial charge in [-0.05, 0) is 38.5 Å². The van der Waals surface area contributed by atoms with Crippen molar-refractivity contribution in [2.45, 2.75) is 50.9 Å². The molecule has 0 radical (unpaired) electrons. The van der Waals surface area contributed by atoms with Gasteiger partial charge in [-0.25, -0.2) is 0 Å². The van der Waals surface area contributed by atoms with Gasteiger partial charge in [0.15, 0.2) is 0 Å². The van der Waals surface area contributed by atoms with Gasteiger partial charge in [0.1, 0.15) is 6.04 Å². The Bertz CT molecular complexity index is 406. The molecule has 5 nitrogen and oxygen atoms in total. The van der Waals surface area contributed by atoms with Crippen molar-refractivity contribution in [3.63, 3.8) is 0 Å². The molecule has 2 aliphatic heterocycles. The number of alkyl halides is 3. The number of hydrogen-bond acceptors (Lipinski definition) is 4. The molecule has 24 heavy (non-hydrogen) atoms. The molecule has 0 aromatic heterocycles. The molecule has 2 atom stereocenters. The quantitative estimate of drug-likeness (QED) is 0.821. The van der Waals surface area contributed by atoms with Crippen LogP contribution in [0.3, 0.4) is 0 Å². The summed E-state index contributed by atoms with van der Waals surface area (Å²) in [4.78, 5) is 13.8. The third-order valence-electron chi connectivity index (χ3n) is 5.00. The van der Waals surface area contributed by atoms with Crippen LogP contribution in [0, 0.1) is 11.8 Å². The Kier molecular flexibility index (Phi) is 6.88. The zero-order chi connectivity index (χ0) is 17.7. The van der Waals surface area contributed by atoms with Gasteiger partial charge in [0, 0.05) is 26.3 Å². The third kappa shape index (κ3) is 5.32. The predicted molar refractivity (Wildman–Crippen MR) is 82.3 cm³/mol. The number of nitrogens with zero attached hydrogens (tertiary/aromatic N) is 1. The first-order valence-corrected chi connectivity index (χ1v) is 8.59. The van der Waals surface area contributed by atoms with Crippen LogP contribution in [0.15, 0.2) is 0 Å². The van der Waals surface area contributed by atoms with Crippen molar-refractivity contribution >= 4 is 5.91 Å². The van der Waals surface area contributed by atoms with Crippen molar-refractivity contribution in [1.29, 1.82) is 0 Å². The summed E-state index contributed by atoms with van der Waals surface area (Å²) in [5, 5.41) is 0. The Morgan fingerprint density at radius 3 is 2.38 bits per heavy atom. The fourth-order valence-corrected chi connectivity index (χ4v) is 3.14. The van der Waals surface area contributed by atoms with E-state index < -0.39 is 24.2 Å². The molecule has 2 N–H and O–H groups in total. The summed E-state index contributed by atoms with van der Waals surface area (Å²) < 4.78 is 49.0. The number of nitrogens with two attached hydrogens (primary N) is 1. The van der Waals surface area contributed by atoms with Crippen molar-refractivity contribution < 1.29 is 27.4 Å². The molecule has 0 unspecified atom stereocenters. The number of likely N-dealkylation sites (tertiary alicyclic amines) is 1. The van der Waals surface area contributed by atoms with Gasteiger partial charge < -0.3 is 20.1 Å². The second kappa shape index (κ2) is 8.49. The fraction of sp³-hybridized carbons (Fsp3) is 0.938. The summed E-state index contributed by atoms with van der Waals surface area (Å²) in [6.45, 7) is 3.92. The van der Waals surface area contributed by atoms with Crippen LogP contribution in [0.4, 0.5) is 13.2 Å². The van der Waals surface area contributed by atoms with Gasteiger partial charge in [0.05, 0.1) is 18.6 Å². The molecule has 140 valence electrons. The molecular weight excluding hydrogens is 325 g/mol. The van der Waals surface area contributed by atoms with Gasteiger partial charge in [-0.15, -0.1) is 0 Å². The number of halogens is 3. The minimum Gasteiger partial charge on any atom is -0.381 e. The molecule has 2 heterocycles. The molecule has 1 amide bonds. The molecule has 0 aromatic rings. The number of carbonyl (C=O) groups excluding carboxylic acids is 1. The average molecular weight is 352 g/mol. The first kappa shape index (κ1) is 19.5. The lowest BCUT2D eigenvalue weighted by atomic mass is 9.95. The van der Waals surface area contributed by atoms with Crippen molar-refractivity contribution in [1.82, 2.24) is 4.90 Å². The molecule has 2 rings (SSSR count). The van der Waals surface area contributed by atoms with E-state index in [2.05, 4.69) is 0 Å². The maximum atomic E-state index is 12.7. The lowest BCUT2D eigenvalue weighted by Gasteiger charge is -2.35. The molecule has 0 spiro atoms. The number of amides is 1. The predicted octanol–water partition coefficient (Wildman–Crippen LogP) is 1.95. The molecular formula is C16H27F3N2O3. The maximum Gasteiger partial charge on any atom is 0.391 e. The van der Waals surface area contributed by atoms with Gasteiger partial charge in [-0.2, -0.15) is 13.2 Å². The van der Waals surface area contributed by atoms with Crippen LogP contribution in [0.5, 0.6) is 0 Å². The van der Waals surface area contributed by atoms with Crippen molar-refractivity contribution in [2.24, 2.45) is 17.6 Å². The standard InChI is InChI=1S/C16H27F3N2O3/c1-11(24-10-12-4-8-23-9-5-12)14(20)15(22)21-6-2-13(3-7-21)16(17,18)19/h11-14H,2-10,20H2,1H3/t11-,14+/m1/s1. The second-order valence-electron chi connectivity index (χ2n) is 6.76. The summed E-state index contributed by atoms with van der Waals surface area (Å²) in [5.74, 6) is -1.24. The van der Waals surface area contributed by atoms with E-state index in [1.165, 1.54) is 4.90 Å². The van der Waals surface area contributed by atoms with Gasteiger partial charge in [0.2, 0.25) is 5.91 Å². The number of rotatable bonds is 5. The zero-order valence-corrected chi connectivity index (χ0v) is 14.1. The third-order valence-corrected chi connectivity index (χ3v) is 5.00. The van der Waals surface area contributed by atoms with Crippen molar-refractivity contribution in [3.8, 4) is 0 Å². The minimum atomic E-state index is -4.18. The van der Waals surface area contributed by atoms with E-state index in [1.54, 1.807) is 6.92 Å². The Morgan fingerprint density at radius 1 is 1.25 bits per heavy atom. The fourth-order valence-electron chi connectivity index (χ4n) is 3.14. The lowest BCUT2D eigenvalue weighted by molar-refractivity contribution is -0.187. The molecule has 0 aliphatic carbocycles. The van der Waals surface area contributed by atoms with Gasteiger partial charge in [-0.3, -0.25) is 4.79 Å². The maximum absolute atomic E-state index is 12.7. The summed E-state index contributed by atoms with van der Waals surface area (Å²) >= 11 is 0. The Hall–Kier alpha value is -0.860. The average Bonchev–Trinajstić information content (AvgIpc) is 2.58. The largest absolute Gasteiger partial charge is 0.391 e. The van der Waals surface area contributed by atoms with Gasteiger partial charge in [-0.1, -0.05) is 0 Å². The molecule has 8 heteroatoms. The van der Waals surface area contributed by atoms with Crippen LogP contribution in [0.2, 0.25) is 0 Å². The molecule has 0 aromatic carbocycles. The van der Waals surface area contributed by atoms with E-state index in [4.69, 9.17) is 15.2 Å². The monoisotopic (exact) mass is 352 g/mol. The second-order valence-corrected chi connectivity index (χ2v) is 6.76. The first-order chi connectivity index (χ1) is 11.3. The van der Waals surface area contributed by atoms with Crippen LogP contribution in [-0.4, -0.2) is 62.0 Å². The number of hydrogen-bond donors (Lipinski definition) is 1. The van der Waals surface area contributed by atoms with Crippen molar-refractivity contribution in [2.75, 3.05) is 32.9 Å². The highest BCUT2D eigenvalue weighted by Gasteiger charge is 2.42. The first-order valence-electron chi connectivity index (χ1n) is 8.59. The zero-order valence-electron chi connectivity index (χ0n) is 14.1. The highest BCUT2D eigenvalue weighted by molar-refractivity contribution is 5.82. The highest BCUT2D eigenvalue weighted by atomic mass is 19.4. The van der Waals surface area contributed by atoms with E-state index in [9.17, 15) is 18.0 Å². The molecule has 2 fully saturated rings. The Balaban J connectivity index is 1.75. The minimum absolute atomic E-state index is 0.0563. The van der Waals surface area contributed by atoms with Crippen LogP contribution >= 0.6 is 0 Å². The smallest absolute Gasteiger partial charge is 0.381 e. The highest BCUT2D eigenvalue weighted by Crippen LogP contribution is 2.34. The van der Waals surface area contributed by atoms with Gasteiger partial charge >= 0.3 is 6.18 Å². The van der Waals surface area contributed by atoms with Crippen LogP contribution in [0.1, 0.15) is 32.6 Å². The summed E-state index contributed by atoms with van der Waals surface area (Å²) in [6, 6.07) is -0.840. The molecule has 0 saturated carbocycles. The Morgan fingerprint density at radius 2 is 1.83 bits per heavy atom. The van der Waals surface area contributed by atoms with Crippen LogP contribution < -0.4 is 5.73 Å². The van der Waals surface area contributed by atoms with Crippen LogP contribution in [0.25, 0.3) is 0 Å². The SMILES string of the molecule is C[C@@H](OCC1CCOCC1)[C@H](N)C(=O)N1CCC(C(F)(F)F)CC1. The van der Waals surface area contributed by atoms with E-state index in [1.807, 2.05) is 0 Å². The van der Waals surface area contributed by atoms with Gasteiger partial charge in [0.25, 0.3) is 0 Å². The molecule has 2 saturated heterocycles.